The van der Waals surface area contributed by atoms with Crippen molar-refractivity contribution in [1.29, 1.82) is 0 Å². The highest BCUT2D eigenvalue weighted by Gasteiger charge is 2.33. The molecule has 0 saturated heterocycles. The van der Waals surface area contributed by atoms with Gasteiger partial charge in [0.15, 0.2) is 0 Å². The summed E-state index contributed by atoms with van der Waals surface area (Å²) in [6.07, 6.45) is 1.44. The maximum absolute atomic E-state index is 13.3. The lowest BCUT2D eigenvalue weighted by molar-refractivity contribution is -0.385. The zero-order chi connectivity index (χ0) is 21.3. The largest absolute Gasteiger partial charge is 0.282 e. The van der Waals surface area contributed by atoms with Crippen LogP contribution in [0, 0.1) is 17.0 Å². The molecular weight excluding hydrogens is 402 g/mol. The third kappa shape index (κ3) is 3.60. The van der Waals surface area contributed by atoms with Crippen LogP contribution in [0.25, 0.3) is 6.08 Å². The van der Waals surface area contributed by atoms with E-state index in [-0.39, 0.29) is 17.3 Å². The molecule has 0 aliphatic carbocycles. The highest BCUT2D eigenvalue weighted by molar-refractivity contribution is 6.39. The Morgan fingerprint density at radius 3 is 2.50 bits per heavy atom. The quantitative estimate of drug-likeness (QED) is 0.324. The number of rotatable bonds is 4. The molecule has 0 aromatic heterocycles. The first-order valence-corrected chi connectivity index (χ1v) is 9.53. The summed E-state index contributed by atoms with van der Waals surface area (Å²) in [5, 5.41) is 11.8. The minimum absolute atomic E-state index is 0.0960. The predicted molar refractivity (Wildman–Crippen MR) is 118 cm³/mol. The van der Waals surface area contributed by atoms with Crippen LogP contribution < -0.4 is 4.90 Å². The number of benzene rings is 3. The maximum atomic E-state index is 13.3. The second-order valence-corrected chi connectivity index (χ2v) is 7.15. The Labute approximate surface area is 177 Å². The van der Waals surface area contributed by atoms with E-state index in [4.69, 9.17) is 11.6 Å². The molecule has 1 aliphatic rings. The van der Waals surface area contributed by atoms with E-state index in [9.17, 15) is 14.9 Å². The number of amides is 1. The van der Waals surface area contributed by atoms with Gasteiger partial charge in [0, 0.05) is 11.6 Å². The highest BCUT2D eigenvalue weighted by Crippen LogP contribution is 2.31. The number of halogens is 1. The Morgan fingerprint density at radius 2 is 1.77 bits per heavy atom. The van der Waals surface area contributed by atoms with Crippen molar-refractivity contribution in [2.24, 2.45) is 4.99 Å². The Balaban J connectivity index is 1.89. The first-order chi connectivity index (χ1) is 14.5. The van der Waals surface area contributed by atoms with Crippen LogP contribution in [-0.4, -0.2) is 16.7 Å². The average Bonchev–Trinajstić information content (AvgIpc) is 3.04. The van der Waals surface area contributed by atoms with Gasteiger partial charge in [-0.25, -0.2) is 4.99 Å². The van der Waals surface area contributed by atoms with Gasteiger partial charge in [-0.15, -0.1) is 0 Å². The van der Waals surface area contributed by atoms with Crippen LogP contribution >= 0.6 is 11.6 Å². The Kier molecular flexibility index (Phi) is 5.16. The van der Waals surface area contributed by atoms with Gasteiger partial charge in [0.05, 0.1) is 21.2 Å². The van der Waals surface area contributed by atoms with Gasteiger partial charge in [0.25, 0.3) is 11.6 Å². The number of carbonyl (C=O) groups is 1. The van der Waals surface area contributed by atoms with Crippen molar-refractivity contribution < 1.29 is 9.72 Å². The third-order valence-electron chi connectivity index (χ3n) is 4.66. The summed E-state index contributed by atoms with van der Waals surface area (Å²) in [5.41, 5.74) is 2.53. The van der Waals surface area contributed by atoms with Gasteiger partial charge < -0.3 is 0 Å². The number of aliphatic imine (C=N–C) groups is 1. The molecule has 1 amide bonds. The number of hydrogen-bond donors (Lipinski definition) is 0. The van der Waals surface area contributed by atoms with Crippen LogP contribution in [0.3, 0.4) is 0 Å². The fourth-order valence-electron chi connectivity index (χ4n) is 3.27. The summed E-state index contributed by atoms with van der Waals surface area (Å²) in [4.78, 5) is 30.2. The molecule has 30 heavy (non-hydrogen) atoms. The molecule has 3 aromatic rings. The normalized spacial score (nSPS) is 14.9. The minimum Gasteiger partial charge on any atom is -0.266 e. The van der Waals surface area contributed by atoms with E-state index < -0.39 is 4.92 Å². The molecule has 1 aliphatic heterocycles. The number of carbonyl (C=O) groups excluding carboxylic acids is 1. The SMILES string of the molecule is Cc1cccc(N2C(=O)/C(=C\c3ccccc3[N+](=O)[O-])N=C2c2ccccc2Cl)c1. The van der Waals surface area contributed by atoms with Crippen LogP contribution in [0.4, 0.5) is 11.4 Å². The summed E-state index contributed by atoms with van der Waals surface area (Å²) in [5.74, 6) is -0.00490. The van der Waals surface area contributed by atoms with Crippen molar-refractivity contribution in [1.82, 2.24) is 0 Å². The van der Waals surface area contributed by atoms with Crippen molar-refractivity contribution in [2.45, 2.75) is 6.92 Å². The van der Waals surface area contributed by atoms with Gasteiger partial charge in [-0.3, -0.25) is 19.8 Å². The number of hydrogen-bond acceptors (Lipinski definition) is 4. The molecule has 0 N–H and O–H groups in total. The predicted octanol–water partition coefficient (Wildman–Crippen LogP) is 5.39. The van der Waals surface area contributed by atoms with Crippen molar-refractivity contribution >= 4 is 40.8 Å². The van der Waals surface area contributed by atoms with Crippen LogP contribution in [0.1, 0.15) is 16.7 Å². The van der Waals surface area contributed by atoms with Gasteiger partial charge in [-0.05, 0) is 48.9 Å². The number of amidine groups is 1. The van der Waals surface area contributed by atoms with E-state index in [0.717, 1.165) is 5.56 Å². The fraction of sp³-hybridized carbons (Fsp3) is 0.0435. The Hall–Kier alpha value is -3.77. The molecular formula is C23H16ClN3O3. The van der Waals surface area contributed by atoms with E-state index >= 15 is 0 Å². The Morgan fingerprint density at radius 1 is 1.03 bits per heavy atom. The van der Waals surface area contributed by atoms with Gasteiger partial charge in [0.2, 0.25) is 0 Å². The molecule has 6 nitrogen and oxygen atoms in total. The van der Waals surface area contributed by atoms with Gasteiger partial charge in [-0.2, -0.15) is 0 Å². The molecule has 0 fully saturated rings. The molecule has 148 valence electrons. The smallest absolute Gasteiger partial charge is 0.266 e. The van der Waals surface area contributed by atoms with E-state index in [1.807, 2.05) is 37.3 Å². The lowest BCUT2D eigenvalue weighted by Crippen LogP contribution is -2.32. The van der Waals surface area contributed by atoms with Crippen LogP contribution in [-0.2, 0) is 4.79 Å². The zero-order valence-electron chi connectivity index (χ0n) is 15.9. The van der Waals surface area contributed by atoms with Crippen molar-refractivity contribution in [3.05, 3.63) is 110 Å². The molecule has 4 rings (SSSR count). The molecule has 3 aromatic carbocycles. The number of anilines is 1. The number of aryl methyl sites for hydroxylation is 1. The zero-order valence-corrected chi connectivity index (χ0v) is 16.7. The molecule has 0 radical (unpaired) electrons. The van der Waals surface area contributed by atoms with Gasteiger partial charge in [-0.1, -0.05) is 48.0 Å². The second kappa shape index (κ2) is 7.93. The van der Waals surface area contributed by atoms with Crippen LogP contribution in [0.15, 0.2) is 83.5 Å². The van der Waals surface area contributed by atoms with Crippen molar-refractivity contribution in [2.75, 3.05) is 4.90 Å². The number of nitrogens with zero attached hydrogens (tertiary/aromatic N) is 3. The van der Waals surface area contributed by atoms with Crippen molar-refractivity contribution in [3.63, 3.8) is 0 Å². The summed E-state index contributed by atoms with van der Waals surface area (Å²) >= 11 is 6.38. The second-order valence-electron chi connectivity index (χ2n) is 6.74. The average molecular weight is 418 g/mol. The lowest BCUT2D eigenvalue weighted by atomic mass is 10.1. The molecule has 0 bridgehead atoms. The molecule has 0 spiro atoms. The number of nitro benzene ring substituents is 1. The van der Waals surface area contributed by atoms with Gasteiger partial charge in [0.1, 0.15) is 11.5 Å². The van der Waals surface area contributed by atoms with Crippen LogP contribution in [0.2, 0.25) is 5.02 Å². The summed E-state index contributed by atoms with van der Waals surface area (Å²) in [6.45, 7) is 1.93. The molecule has 0 unspecified atom stereocenters. The minimum atomic E-state index is -0.483. The highest BCUT2D eigenvalue weighted by atomic mass is 35.5. The van der Waals surface area contributed by atoms with E-state index in [1.54, 1.807) is 36.4 Å². The Bertz CT molecular complexity index is 1230. The first-order valence-electron chi connectivity index (χ1n) is 9.15. The molecule has 7 heteroatoms. The monoisotopic (exact) mass is 417 g/mol. The third-order valence-corrected chi connectivity index (χ3v) is 4.99. The number of para-hydroxylation sites is 1. The first kappa shape index (κ1) is 19.5. The summed E-state index contributed by atoms with van der Waals surface area (Å²) < 4.78 is 0. The van der Waals surface area contributed by atoms with Crippen molar-refractivity contribution in [3.8, 4) is 0 Å². The summed E-state index contributed by atoms with van der Waals surface area (Å²) in [6, 6.07) is 20.8. The standard InChI is InChI=1S/C23H16ClN3O3/c1-15-7-6-9-17(13-15)26-22(18-10-3-4-11-19(18)24)25-20(23(26)28)14-16-8-2-5-12-21(16)27(29)30/h2-14H,1H3/b20-14+. The number of nitro groups is 1. The lowest BCUT2D eigenvalue weighted by Gasteiger charge is -2.19. The fourth-order valence-corrected chi connectivity index (χ4v) is 3.49. The maximum Gasteiger partial charge on any atom is 0.282 e. The molecule has 1 heterocycles. The molecule has 0 atom stereocenters. The summed E-state index contributed by atoms with van der Waals surface area (Å²) in [7, 11) is 0. The van der Waals surface area contributed by atoms with Crippen LogP contribution in [0.5, 0.6) is 0 Å². The molecule has 0 saturated carbocycles. The van der Waals surface area contributed by atoms with E-state index in [2.05, 4.69) is 4.99 Å². The topological polar surface area (TPSA) is 75.8 Å². The van der Waals surface area contributed by atoms with E-state index in [1.165, 1.54) is 17.0 Å². The van der Waals surface area contributed by atoms with Gasteiger partial charge >= 0.3 is 0 Å². The van der Waals surface area contributed by atoms with E-state index in [0.29, 0.717) is 27.7 Å².